The van der Waals surface area contributed by atoms with Crippen molar-refractivity contribution in [1.82, 2.24) is 20.6 Å². The maximum Gasteiger partial charge on any atom is 0.450 e. The number of ketones is 2. The molecule has 8 nitrogen and oxygen atoms in total. The molecule has 0 fully saturated rings. The zero-order valence-electron chi connectivity index (χ0n) is 22.5. The molecule has 13 heteroatoms. The van der Waals surface area contributed by atoms with Gasteiger partial charge in [-0.05, 0) is 29.2 Å². The van der Waals surface area contributed by atoms with Crippen LogP contribution in [0.1, 0.15) is 47.9 Å². The lowest BCUT2D eigenvalue weighted by molar-refractivity contribution is -0.177. The van der Waals surface area contributed by atoms with Crippen LogP contribution >= 0.6 is 23.2 Å². The van der Waals surface area contributed by atoms with Crippen LogP contribution in [0.15, 0.2) is 67.1 Å². The maximum absolute atomic E-state index is 13.6. The summed E-state index contributed by atoms with van der Waals surface area (Å²) in [7, 11) is 0. The zero-order valence-corrected chi connectivity index (χ0v) is 24.0. The summed E-state index contributed by atoms with van der Waals surface area (Å²) in [5.74, 6) is -6.82. The van der Waals surface area contributed by atoms with Crippen LogP contribution in [0.5, 0.6) is 0 Å². The Balaban J connectivity index is 1.93. The molecule has 0 aliphatic carbocycles. The fraction of sp³-hybridized carbons (Fsp3) is 0.310. The topological polar surface area (TPSA) is 118 Å². The number of carbonyl (C=O) groups excluding carboxylic acids is 4. The average Bonchev–Trinajstić information content (AvgIpc) is 2.95. The van der Waals surface area contributed by atoms with Gasteiger partial charge in [-0.3, -0.25) is 24.2 Å². The number of aromatic nitrogens is 2. The van der Waals surface area contributed by atoms with Gasteiger partial charge in [0.15, 0.2) is 5.78 Å². The van der Waals surface area contributed by atoms with Crippen molar-refractivity contribution in [1.29, 1.82) is 0 Å². The molecule has 1 aromatic heterocycles. The molecule has 0 saturated carbocycles. The molecule has 3 atom stereocenters. The average molecular weight is 623 g/mol. The van der Waals surface area contributed by atoms with Crippen molar-refractivity contribution in [3.05, 3.63) is 94.0 Å². The molecular formula is C29H27Cl2F3N4O4. The quantitative estimate of drug-likeness (QED) is 0.281. The van der Waals surface area contributed by atoms with E-state index in [4.69, 9.17) is 23.2 Å². The Kier molecular flexibility index (Phi) is 11.2. The minimum absolute atomic E-state index is 0.0782. The molecule has 0 aliphatic heterocycles. The number of amides is 2. The van der Waals surface area contributed by atoms with Gasteiger partial charge in [-0.2, -0.15) is 13.2 Å². The molecule has 0 spiro atoms. The van der Waals surface area contributed by atoms with E-state index in [1.165, 1.54) is 56.7 Å². The first-order chi connectivity index (χ1) is 19.8. The van der Waals surface area contributed by atoms with E-state index in [9.17, 15) is 32.3 Å². The van der Waals surface area contributed by atoms with E-state index in [-0.39, 0.29) is 27.7 Å². The number of rotatable bonds is 12. The van der Waals surface area contributed by atoms with E-state index >= 15 is 0 Å². The van der Waals surface area contributed by atoms with Crippen molar-refractivity contribution < 1.29 is 32.3 Å². The van der Waals surface area contributed by atoms with Crippen LogP contribution in [-0.4, -0.2) is 45.6 Å². The van der Waals surface area contributed by atoms with Crippen LogP contribution in [0.2, 0.25) is 10.0 Å². The van der Waals surface area contributed by atoms with Crippen molar-refractivity contribution >= 4 is 46.6 Å². The molecule has 0 radical (unpaired) electrons. The summed E-state index contributed by atoms with van der Waals surface area (Å²) >= 11 is 12.1. The van der Waals surface area contributed by atoms with Gasteiger partial charge in [0.05, 0.1) is 16.2 Å². The Labute approximate surface area is 250 Å². The number of nitrogens with zero attached hydrogens (tertiary/aromatic N) is 2. The first-order valence-corrected chi connectivity index (χ1v) is 13.5. The Morgan fingerprint density at radius 3 is 2.19 bits per heavy atom. The molecule has 0 unspecified atom stereocenters. The molecule has 2 amide bonds. The second kappa shape index (κ2) is 14.4. The molecule has 222 valence electrons. The lowest BCUT2D eigenvalue weighted by Crippen LogP contribution is -2.50. The van der Waals surface area contributed by atoms with Crippen molar-refractivity contribution in [2.45, 2.75) is 44.9 Å². The second-order valence-corrected chi connectivity index (χ2v) is 10.6. The number of hydrogen-bond acceptors (Lipinski definition) is 6. The van der Waals surface area contributed by atoms with Crippen LogP contribution in [0.3, 0.4) is 0 Å². The van der Waals surface area contributed by atoms with Crippen LogP contribution in [0.25, 0.3) is 0 Å². The Hall–Kier alpha value is -3.83. The van der Waals surface area contributed by atoms with Crippen LogP contribution in [0.4, 0.5) is 13.2 Å². The summed E-state index contributed by atoms with van der Waals surface area (Å²) in [5.41, 5.74) is 0.721. The van der Waals surface area contributed by atoms with Gasteiger partial charge < -0.3 is 10.6 Å². The fourth-order valence-corrected chi connectivity index (χ4v) is 4.49. The van der Waals surface area contributed by atoms with Crippen molar-refractivity contribution in [3.63, 3.8) is 0 Å². The van der Waals surface area contributed by atoms with Crippen molar-refractivity contribution in [3.8, 4) is 0 Å². The molecule has 3 aromatic rings. The third-order valence-corrected chi connectivity index (χ3v) is 7.16. The highest BCUT2D eigenvalue weighted by Gasteiger charge is 2.45. The number of nitrogens with one attached hydrogen (secondary N) is 2. The van der Waals surface area contributed by atoms with Gasteiger partial charge in [0, 0.05) is 31.2 Å². The first kappa shape index (κ1) is 32.7. The molecule has 2 aromatic carbocycles. The molecule has 42 heavy (non-hydrogen) atoms. The summed E-state index contributed by atoms with van der Waals surface area (Å²) in [6.45, 7) is 2.82. The van der Waals surface area contributed by atoms with Gasteiger partial charge in [0.25, 0.3) is 5.91 Å². The molecule has 0 aliphatic rings. The van der Waals surface area contributed by atoms with Gasteiger partial charge >= 0.3 is 6.18 Å². The van der Waals surface area contributed by atoms with Crippen LogP contribution < -0.4 is 10.6 Å². The zero-order chi connectivity index (χ0) is 31.0. The van der Waals surface area contributed by atoms with Crippen LogP contribution in [-0.2, 0) is 20.8 Å². The van der Waals surface area contributed by atoms with Gasteiger partial charge in [-0.25, -0.2) is 4.98 Å². The number of halogens is 5. The normalized spacial score (nSPS) is 13.6. The molecule has 0 bridgehead atoms. The summed E-state index contributed by atoms with van der Waals surface area (Å²) in [6.07, 6.45) is -2.13. The van der Waals surface area contributed by atoms with E-state index in [1.54, 1.807) is 24.3 Å². The van der Waals surface area contributed by atoms with Gasteiger partial charge in [0.1, 0.15) is 17.8 Å². The predicted octanol–water partition coefficient (Wildman–Crippen LogP) is 5.34. The molecular weight excluding hydrogens is 596 g/mol. The van der Waals surface area contributed by atoms with E-state index in [0.717, 1.165) is 0 Å². The highest BCUT2D eigenvalue weighted by molar-refractivity contribution is 6.42. The first-order valence-electron chi connectivity index (χ1n) is 12.8. The third kappa shape index (κ3) is 8.83. The van der Waals surface area contributed by atoms with Gasteiger partial charge in [-0.15, -0.1) is 0 Å². The number of benzene rings is 2. The lowest BCUT2D eigenvalue weighted by atomic mass is 9.84. The number of carbonyl (C=O) groups is 4. The largest absolute Gasteiger partial charge is 0.450 e. The Morgan fingerprint density at radius 1 is 0.929 bits per heavy atom. The minimum atomic E-state index is -5.13. The van der Waals surface area contributed by atoms with Gasteiger partial charge in [0.2, 0.25) is 11.7 Å². The number of hydrogen-bond donors (Lipinski definition) is 2. The summed E-state index contributed by atoms with van der Waals surface area (Å²) in [5, 5.41) is 5.61. The smallest absolute Gasteiger partial charge is 0.340 e. The SMILES string of the molecule is CC(C)[C@H](CC(=O)[C@@H](NC(=O)[C@H](Cc1ccc(Cl)c(Cl)c1)NC(=O)c1cnccn1)c1ccccc1)C(=O)C(F)(F)F. The van der Waals surface area contributed by atoms with E-state index in [2.05, 4.69) is 20.6 Å². The summed E-state index contributed by atoms with van der Waals surface area (Å²) in [4.78, 5) is 59.9. The summed E-state index contributed by atoms with van der Waals surface area (Å²) < 4.78 is 39.8. The fourth-order valence-electron chi connectivity index (χ4n) is 4.17. The van der Waals surface area contributed by atoms with Gasteiger partial charge in [-0.1, -0.05) is 73.4 Å². The molecule has 2 N–H and O–H groups in total. The Bertz CT molecular complexity index is 1420. The maximum atomic E-state index is 13.6. The van der Waals surface area contributed by atoms with Crippen molar-refractivity contribution in [2.24, 2.45) is 11.8 Å². The van der Waals surface area contributed by atoms with E-state index in [0.29, 0.717) is 5.56 Å². The van der Waals surface area contributed by atoms with Crippen LogP contribution in [0, 0.1) is 11.8 Å². The Morgan fingerprint density at radius 2 is 1.62 bits per heavy atom. The number of Topliss-reactive ketones (excluding diaryl/α,β-unsaturated/α-hetero) is 2. The highest BCUT2D eigenvalue weighted by Crippen LogP contribution is 2.30. The van der Waals surface area contributed by atoms with E-state index in [1.807, 2.05) is 0 Å². The summed E-state index contributed by atoms with van der Waals surface area (Å²) in [6, 6.07) is 9.80. The molecule has 0 saturated heterocycles. The monoisotopic (exact) mass is 622 g/mol. The standard InChI is InChI=1S/C29H27Cl2F3N4O4/c1-16(2)19(26(40)29(32,33)34)14-24(39)25(18-6-4-3-5-7-18)38-27(41)22(13-17-8-9-20(30)21(31)12-17)37-28(42)23-15-35-10-11-36-23/h3-12,15-16,19,22,25H,13-14H2,1-2H3,(H,37,42)(H,38,41)/t19-,22-,25-/m0/s1. The minimum Gasteiger partial charge on any atom is -0.340 e. The molecule has 1 heterocycles. The third-order valence-electron chi connectivity index (χ3n) is 6.42. The lowest BCUT2D eigenvalue weighted by Gasteiger charge is -2.26. The predicted molar refractivity (Wildman–Crippen MR) is 150 cm³/mol. The highest BCUT2D eigenvalue weighted by atomic mass is 35.5. The number of alkyl halides is 3. The molecule has 3 rings (SSSR count). The van der Waals surface area contributed by atoms with Crippen molar-refractivity contribution in [2.75, 3.05) is 0 Å². The second-order valence-electron chi connectivity index (χ2n) is 9.80. The van der Waals surface area contributed by atoms with E-state index < -0.39 is 59.9 Å².